The van der Waals surface area contributed by atoms with E-state index in [0.717, 1.165) is 24.2 Å². The number of Topliss-reactive ketones (excluding diaryl/α,β-unsaturated/α-hetero) is 1. The number of methoxy groups -OCH3 is 1. The Kier molecular flexibility index (Phi) is 7.42. The second-order valence-corrected chi connectivity index (χ2v) is 9.15. The number of morpholine rings is 1. The molecule has 1 unspecified atom stereocenters. The Morgan fingerprint density at radius 1 is 1.09 bits per heavy atom. The molecule has 1 atom stereocenters. The van der Waals surface area contributed by atoms with Crippen LogP contribution in [0, 0.1) is 0 Å². The van der Waals surface area contributed by atoms with Crippen LogP contribution in [0.15, 0.2) is 48.0 Å². The van der Waals surface area contributed by atoms with E-state index >= 15 is 0 Å². The normalized spacial score (nSPS) is 20.6. The molecule has 8 heteroatoms. The molecule has 0 spiro atoms. The molecule has 0 radical (unpaired) electrons. The van der Waals surface area contributed by atoms with Gasteiger partial charge in [-0.05, 0) is 29.2 Å². The molecule has 4 rings (SSSR count). The number of phenols is 1. The molecule has 0 aliphatic carbocycles. The number of ketones is 1. The number of aromatic hydroxyl groups is 1. The molecule has 2 aliphatic rings. The van der Waals surface area contributed by atoms with Crippen LogP contribution in [-0.2, 0) is 14.3 Å². The molecule has 2 N–H and O–H groups in total. The van der Waals surface area contributed by atoms with Crippen LogP contribution in [-0.4, -0.2) is 78.2 Å². The van der Waals surface area contributed by atoms with Gasteiger partial charge in [-0.25, -0.2) is 0 Å². The lowest BCUT2D eigenvalue weighted by Crippen LogP contribution is -2.42. The summed E-state index contributed by atoms with van der Waals surface area (Å²) in [4.78, 5) is 30.1. The highest BCUT2D eigenvalue weighted by Crippen LogP contribution is 2.41. The Labute approximate surface area is 205 Å². The number of amides is 1. The highest BCUT2D eigenvalue weighted by Gasteiger charge is 2.46. The summed E-state index contributed by atoms with van der Waals surface area (Å²) >= 11 is 0. The predicted octanol–water partition coefficient (Wildman–Crippen LogP) is 3.28. The summed E-state index contributed by atoms with van der Waals surface area (Å²) in [5.41, 5.74) is 1.90. The number of ether oxygens (including phenoxy) is 2. The van der Waals surface area contributed by atoms with Crippen LogP contribution in [0.1, 0.15) is 42.5 Å². The Hall–Kier alpha value is -3.36. The fraction of sp³-hybridized carbons (Fsp3) is 0.407. The van der Waals surface area contributed by atoms with Gasteiger partial charge < -0.3 is 24.6 Å². The van der Waals surface area contributed by atoms with Crippen molar-refractivity contribution in [2.45, 2.75) is 25.8 Å². The van der Waals surface area contributed by atoms with Crippen LogP contribution in [0.5, 0.6) is 11.5 Å². The van der Waals surface area contributed by atoms with E-state index in [1.54, 1.807) is 6.07 Å². The predicted molar refractivity (Wildman–Crippen MR) is 131 cm³/mol. The first-order chi connectivity index (χ1) is 16.8. The van der Waals surface area contributed by atoms with E-state index in [4.69, 9.17) is 9.47 Å². The summed E-state index contributed by atoms with van der Waals surface area (Å²) in [7, 11) is 1.47. The van der Waals surface area contributed by atoms with E-state index in [-0.39, 0.29) is 16.9 Å². The van der Waals surface area contributed by atoms with Gasteiger partial charge in [-0.2, -0.15) is 0 Å². The lowest BCUT2D eigenvalue weighted by Gasteiger charge is -2.31. The molecule has 2 heterocycles. The van der Waals surface area contributed by atoms with E-state index in [2.05, 4.69) is 18.7 Å². The zero-order valence-electron chi connectivity index (χ0n) is 20.4. The van der Waals surface area contributed by atoms with E-state index in [0.29, 0.717) is 38.0 Å². The number of hydrogen-bond donors (Lipinski definition) is 2. The highest BCUT2D eigenvalue weighted by atomic mass is 16.5. The maximum Gasteiger partial charge on any atom is 0.295 e. The van der Waals surface area contributed by atoms with Crippen molar-refractivity contribution in [3.05, 3.63) is 64.7 Å². The third kappa shape index (κ3) is 5.04. The maximum absolute atomic E-state index is 13.2. The average Bonchev–Trinajstić information content (AvgIpc) is 3.12. The standard InChI is InChI=1S/C27H32N2O6/c1-17(2)18-4-6-19(7-5-18)24-23(25(31)21-9-8-20(34-3)16-22(21)30)26(32)27(33)29(24)11-10-28-12-14-35-15-13-28/h4-9,16-17,24,30-31H,10-15H2,1-3H3/b25-23+. The summed E-state index contributed by atoms with van der Waals surface area (Å²) in [6, 6.07) is 11.4. The molecule has 186 valence electrons. The minimum atomic E-state index is -0.766. The van der Waals surface area contributed by atoms with Crippen LogP contribution < -0.4 is 4.74 Å². The molecule has 0 saturated carbocycles. The van der Waals surface area contributed by atoms with Crippen molar-refractivity contribution in [2.75, 3.05) is 46.5 Å². The van der Waals surface area contributed by atoms with Crippen molar-refractivity contribution < 1.29 is 29.3 Å². The average molecular weight is 481 g/mol. The molecule has 8 nitrogen and oxygen atoms in total. The van der Waals surface area contributed by atoms with Crippen molar-refractivity contribution in [3.63, 3.8) is 0 Å². The molecular formula is C27H32N2O6. The molecule has 2 saturated heterocycles. The van der Waals surface area contributed by atoms with Crippen molar-refractivity contribution in [1.29, 1.82) is 0 Å². The van der Waals surface area contributed by atoms with Crippen molar-refractivity contribution in [2.24, 2.45) is 0 Å². The number of aliphatic hydroxyl groups is 1. The number of benzene rings is 2. The third-order valence-electron chi connectivity index (χ3n) is 6.68. The van der Waals surface area contributed by atoms with Crippen LogP contribution in [0.2, 0.25) is 0 Å². The van der Waals surface area contributed by atoms with Gasteiger partial charge in [0.25, 0.3) is 11.7 Å². The number of aliphatic hydroxyl groups excluding tert-OH is 1. The summed E-state index contributed by atoms with van der Waals surface area (Å²) in [5.74, 6) is -1.34. The highest BCUT2D eigenvalue weighted by molar-refractivity contribution is 6.46. The maximum atomic E-state index is 13.2. The minimum absolute atomic E-state index is 0.0326. The molecule has 0 bridgehead atoms. The number of nitrogens with zero attached hydrogens (tertiary/aromatic N) is 2. The van der Waals surface area contributed by atoms with Crippen LogP contribution in [0.3, 0.4) is 0 Å². The van der Waals surface area contributed by atoms with E-state index in [9.17, 15) is 19.8 Å². The monoisotopic (exact) mass is 480 g/mol. The molecular weight excluding hydrogens is 448 g/mol. The molecule has 2 aromatic carbocycles. The topological polar surface area (TPSA) is 99.5 Å². The second kappa shape index (κ2) is 10.5. The van der Waals surface area contributed by atoms with Gasteiger partial charge >= 0.3 is 0 Å². The Morgan fingerprint density at radius 2 is 1.77 bits per heavy atom. The SMILES string of the molecule is COc1ccc(/C(O)=C2\C(=O)C(=O)N(CCN3CCOCC3)C2c2ccc(C(C)C)cc2)c(O)c1. The summed E-state index contributed by atoms with van der Waals surface area (Å²) < 4.78 is 10.5. The van der Waals surface area contributed by atoms with Gasteiger partial charge in [0.2, 0.25) is 0 Å². The zero-order chi connectivity index (χ0) is 25.1. The Balaban J connectivity index is 1.76. The van der Waals surface area contributed by atoms with E-state index in [1.165, 1.54) is 24.1 Å². The molecule has 2 fully saturated rings. The fourth-order valence-electron chi connectivity index (χ4n) is 4.58. The van der Waals surface area contributed by atoms with Crippen molar-refractivity contribution >= 4 is 17.4 Å². The van der Waals surface area contributed by atoms with Gasteiger partial charge in [0.05, 0.1) is 37.5 Å². The zero-order valence-corrected chi connectivity index (χ0v) is 20.4. The van der Waals surface area contributed by atoms with E-state index < -0.39 is 23.5 Å². The van der Waals surface area contributed by atoms with Gasteiger partial charge in [-0.3, -0.25) is 14.5 Å². The molecule has 2 aliphatic heterocycles. The van der Waals surface area contributed by atoms with Crippen molar-refractivity contribution in [3.8, 4) is 11.5 Å². The number of likely N-dealkylation sites (tertiary alicyclic amines) is 1. The number of carbonyl (C=O) groups excluding carboxylic acids is 2. The molecule has 0 aromatic heterocycles. The first-order valence-corrected chi connectivity index (χ1v) is 11.9. The first-order valence-electron chi connectivity index (χ1n) is 11.9. The van der Waals surface area contributed by atoms with Gasteiger partial charge in [0.15, 0.2) is 0 Å². The van der Waals surface area contributed by atoms with Gasteiger partial charge in [0.1, 0.15) is 17.3 Å². The van der Waals surface area contributed by atoms with Gasteiger partial charge in [-0.1, -0.05) is 38.1 Å². The number of rotatable bonds is 7. The molecule has 1 amide bonds. The van der Waals surface area contributed by atoms with E-state index in [1.807, 2.05) is 24.3 Å². The quantitative estimate of drug-likeness (QED) is 0.356. The summed E-state index contributed by atoms with van der Waals surface area (Å²) in [6.45, 7) is 7.89. The van der Waals surface area contributed by atoms with Crippen LogP contribution >= 0.6 is 0 Å². The van der Waals surface area contributed by atoms with Crippen LogP contribution in [0.25, 0.3) is 5.76 Å². The summed E-state index contributed by atoms with van der Waals surface area (Å²) in [6.07, 6.45) is 0. The second-order valence-electron chi connectivity index (χ2n) is 9.15. The molecule has 2 aromatic rings. The number of carbonyl (C=O) groups is 2. The number of hydrogen-bond acceptors (Lipinski definition) is 7. The van der Waals surface area contributed by atoms with Gasteiger partial charge in [-0.15, -0.1) is 0 Å². The Bertz CT molecular complexity index is 1120. The largest absolute Gasteiger partial charge is 0.507 e. The third-order valence-corrected chi connectivity index (χ3v) is 6.68. The fourth-order valence-corrected chi connectivity index (χ4v) is 4.58. The minimum Gasteiger partial charge on any atom is -0.507 e. The lowest BCUT2D eigenvalue weighted by atomic mass is 9.93. The Morgan fingerprint density at radius 3 is 2.37 bits per heavy atom. The first kappa shape index (κ1) is 24.8. The lowest BCUT2D eigenvalue weighted by molar-refractivity contribution is -0.140. The smallest absolute Gasteiger partial charge is 0.295 e. The summed E-state index contributed by atoms with van der Waals surface area (Å²) in [5, 5.41) is 21.7. The van der Waals surface area contributed by atoms with Gasteiger partial charge in [0, 0.05) is 32.2 Å². The van der Waals surface area contributed by atoms with Crippen LogP contribution in [0.4, 0.5) is 0 Å². The number of phenolic OH excluding ortho intramolecular Hbond substituents is 1. The van der Waals surface area contributed by atoms with Crippen molar-refractivity contribution in [1.82, 2.24) is 9.80 Å². The molecule has 35 heavy (non-hydrogen) atoms.